The van der Waals surface area contributed by atoms with Crippen molar-refractivity contribution < 1.29 is 9.53 Å². The van der Waals surface area contributed by atoms with Crippen LogP contribution in [0.25, 0.3) is 0 Å². The average molecular weight is 338 g/mol. The van der Waals surface area contributed by atoms with Gasteiger partial charge in [-0.05, 0) is 48.9 Å². The van der Waals surface area contributed by atoms with Crippen LogP contribution in [-0.4, -0.2) is 18.5 Å². The molecule has 0 heterocycles. The third-order valence-electron chi connectivity index (χ3n) is 4.72. The number of nitrogens with one attached hydrogen (secondary N) is 1. The van der Waals surface area contributed by atoms with Crippen LogP contribution in [0.4, 0.5) is 0 Å². The zero-order chi connectivity index (χ0) is 17.5. The van der Waals surface area contributed by atoms with E-state index in [4.69, 9.17) is 10.5 Å². The summed E-state index contributed by atoms with van der Waals surface area (Å²) in [5, 5.41) is 3.04. The SMILES string of the molecule is NC1CCCC(CNC(=O)c2cccc(OCc3ccccc3)c2)C1. The van der Waals surface area contributed by atoms with Crippen molar-refractivity contribution in [2.24, 2.45) is 11.7 Å². The molecular weight excluding hydrogens is 312 g/mol. The molecule has 1 amide bonds. The zero-order valence-corrected chi connectivity index (χ0v) is 14.5. The molecule has 2 aromatic rings. The third-order valence-corrected chi connectivity index (χ3v) is 4.72. The van der Waals surface area contributed by atoms with E-state index >= 15 is 0 Å². The minimum Gasteiger partial charge on any atom is -0.489 e. The molecule has 4 heteroatoms. The van der Waals surface area contributed by atoms with Gasteiger partial charge in [0.25, 0.3) is 5.91 Å². The van der Waals surface area contributed by atoms with E-state index in [1.165, 1.54) is 0 Å². The predicted octanol–water partition coefficient (Wildman–Crippen LogP) is 3.51. The highest BCUT2D eigenvalue weighted by Gasteiger charge is 2.19. The van der Waals surface area contributed by atoms with Gasteiger partial charge >= 0.3 is 0 Å². The molecule has 1 aliphatic carbocycles. The molecule has 3 rings (SSSR count). The number of ether oxygens (including phenoxy) is 1. The van der Waals surface area contributed by atoms with Crippen molar-refractivity contribution in [2.45, 2.75) is 38.3 Å². The number of hydrogen-bond donors (Lipinski definition) is 2. The van der Waals surface area contributed by atoms with Crippen LogP contribution in [0.1, 0.15) is 41.6 Å². The Hall–Kier alpha value is -2.33. The van der Waals surface area contributed by atoms with Gasteiger partial charge in [-0.25, -0.2) is 0 Å². The number of nitrogens with two attached hydrogens (primary N) is 1. The van der Waals surface area contributed by atoms with Crippen LogP contribution in [0, 0.1) is 5.92 Å². The van der Waals surface area contributed by atoms with E-state index in [0.717, 1.165) is 31.2 Å². The quantitative estimate of drug-likeness (QED) is 0.847. The second-order valence-corrected chi connectivity index (χ2v) is 6.80. The summed E-state index contributed by atoms with van der Waals surface area (Å²) in [5.74, 6) is 1.14. The number of amides is 1. The van der Waals surface area contributed by atoms with E-state index in [-0.39, 0.29) is 11.9 Å². The lowest BCUT2D eigenvalue weighted by atomic mass is 9.86. The highest BCUT2D eigenvalue weighted by Crippen LogP contribution is 2.22. The molecule has 1 aliphatic rings. The molecule has 0 radical (unpaired) electrons. The summed E-state index contributed by atoms with van der Waals surface area (Å²) in [6, 6.07) is 17.6. The summed E-state index contributed by atoms with van der Waals surface area (Å²) in [5.41, 5.74) is 7.75. The van der Waals surface area contributed by atoms with Gasteiger partial charge in [0.05, 0.1) is 0 Å². The van der Waals surface area contributed by atoms with Crippen molar-refractivity contribution in [3.8, 4) is 5.75 Å². The van der Waals surface area contributed by atoms with Gasteiger partial charge in [0.15, 0.2) is 0 Å². The molecule has 0 saturated heterocycles. The Kier molecular flexibility index (Phi) is 6.07. The lowest BCUT2D eigenvalue weighted by molar-refractivity contribution is 0.0942. The first kappa shape index (κ1) is 17.5. The maximum absolute atomic E-state index is 12.4. The molecule has 2 atom stereocenters. The molecule has 1 fully saturated rings. The fourth-order valence-electron chi connectivity index (χ4n) is 3.33. The maximum Gasteiger partial charge on any atom is 0.251 e. The van der Waals surface area contributed by atoms with Crippen LogP contribution < -0.4 is 15.8 Å². The van der Waals surface area contributed by atoms with E-state index in [2.05, 4.69) is 5.32 Å². The fourth-order valence-corrected chi connectivity index (χ4v) is 3.33. The summed E-state index contributed by atoms with van der Waals surface area (Å²) in [6.45, 7) is 1.19. The van der Waals surface area contributed by atoms with Crippen molar-refractivity contribution >= 4 is 5.91 Å². The molecule has 0 aromatic heterocycles. The summed E-state index contributed by atoms with van der Waals surface area (Å²) >= 11 is 0. The van der Waals surface area contributed by atoms with Gasteiger partial charge < -0.3 is 15.8 Å². The van der Waals surface area contributed by atoms with Crippen molar-refractivity contribution in [2.75, 3.05) is 6.54 Å². The van der Waals surface area contributed by atoms with Gasteiger partial charge in [0.1, 0.15) is 12.4 Å². The fraction of sp³-hybridized carbons (Fsp3) is 0.381. The molecule has 4 nitrogen and oxygen atoms in total. The molecule has 25 heavy (non-hydrogen) atoms. The molecule has 0 spiro atoms. The first-order valence-electron chi connectivity index (χ1n) is 9.01. The van der Waals surface area contributed by atoms with Crippen LogP contribution in [0.15, 0.2) is 54.6 Å². The monoisotopic (exact) mass is 338 g/mol. The molecule has 2 unspecified atom stereocenters. The van der Waals surface area contributed by atoms with E-state index in [1.807, 2.05) is 48.5 Å². The highest BCUT2D eigenvalue weighted by molar-refractivity contribution is 5.94. The second kappa shape index (κ2) is 8.67. The standard InChI is InChI=1S/C21H26N2O2/c22-19-10-4-8-17(12-19)14-23-21(24)18-9-5-11-20(13-18)25-15-16-6-2-1-3-7-16/h1-3,5-7,9,11,13,17,19H,4,8,10,12,14-15,22H2,(H,23,24). The minimum atomic E-state index is -0.0516. The molecular formula is C21H26N2O2. The number of rotatable bonds is 6. The maximum atomic E-state index is 12.4. The Morgan fingerprint density at radius 2 is 1.96 bits per heavy atom. The molecule has 0 bridgehead atoms. The third kappa shape index (κ3) is 5.33. The summed E-state index contributed by atoms with van der Waals surface area (Å²) < 4.78 is 5.79. The van der Waals surface area contributed by atoms with Crippen molar-refractivity contribution in [1.29, 1.82) is 0 Å². The van der Waals surface area contributed by atoms with E-state index in [9.17, 15) is 4.79 Å². The van der Waals surface area contributed by atoms with Crippen LogP contribution in [0.5, 0.6) is 5.75 Å². The number of carbonyl (C=O) groups is 1. The van der Waals surface area contributed by atoms with Gasteiger partial charge in [0.2, 0.25) is 0 Å². The van der Waals surface area contributed by atoms with Gasteiger partial charge in [-0.3, -0.25) is 4.79 Å². The molecule has 132 valence electrons. The van der Waals surface area contributed by atoms with Gasteiger partial charge in [-0.1, -0.05) is 42.8 Å². The van der Waals surface area contributed by atoms with Gasteiger partial charge in [-0.15, -0.1) is 0 Å². The van der Waals surface area contributed by atoms with Crippen molar-refractivity contribution in [1.82, 2.24) is 5.32 Å². The van der Waals surface area contributed by atoms with Crippen molar-refractivity contribution in [3.63, 3.8) is 0 Å². The highest BCUT2D eigenvalue weighted by atomic mass is 16.5. The normalized spacial score (nSPS) is 20.0. The van der Waals surface area contributed by atoms with Gasteiger partial charge in [-0.2, -0.15) is 0 Å². The lowest BCUT2D eigenvalue weighted by Gasteiger charge is -2.26. The van der Waals surface area contributed by atoms with Crippen LogP contribution in [0.2, 0.25) is 0 Å². The summed E-state index contributed by atoms with van der Waals surface area (Å²) in [7, 11) is 0. The largest absolute Gasteiger partial charge is 0.489 e. The first-order chi connectivity index (χ1) is 12.2. The summed E-state index contributed by atoms with van der Waals surface area (Å²) in [6.07, 6.45) is 4.41. The zero-order valence-electron chi connectivity index (χ0n) is 14.5. The number of hydrogen-bond acceptors (Lipinski definition) is 3. The van der Waals surface area contributed by atoms with E-state index in [1.54, 1.807) is 6.07 Å². The average Bonchev–Trinajstić information content (AvgIpc) is 2.65. The van der Waals surface area contributed by atoms with E-state index < -0.39 is 0 Å². The molecule has 3 N–H and O–H groups in total. The Bertz CT molecular complexity index is 687. The minimum absolute atomic E-state index is 0.0516. The van der Waals surface area contributed by atoms with Gasteiger partial charge in [0, 0.05) is 18.2 Å². The molecule has 2 aromatic carbocycles. The topological polar surface area (TPSA) is 64.3 Å². The Morgan fingerprint density at radius 1 is 1.12 bits per heavy atom. The lowest BCUT2D eigenvalue weighted by Crippen LogP contribution is -2.35. The number of carbonyl (C=O) groups excluding carboxylic acids is 1. The second-order valence-electron chi connectivity index (χ2n) is 6.80. The van der Waals surface area contributed by atoms with Crippen LogP contribution in [0.3, 0.4) is 0 Å². The van der Waals surface area contributed by atoms with Crippen LogP contribution >= 0.6 is 0 Å². The number of benzene rings is 2. The van der Waals surface area contributed by atoms with Crippen molar-refractivity contribution in [3.05, 3.63) is 65.7 Å². The molecule has 0 aliphatic heterocycles. The molecule has 1 saturated carbocycles. The Morgan fingerprint density at radius 3 is 2.76 bits per heavy atom. The Labute approximate surface area is 149 Å². The van der Waals surface area contributed by atoms with Crippen LogP contribution in [-0.2, 0) is 6.61 Å². The smallest absolute Gasteiger partial charge is 0.251 e. The van der Waals surface area contributed by atoms with E-state index in [0.29, 0.717) is 30.4 Å². The summed E-state index contributed by atoms with van der Waals surface area (Å²) in [4.78, 5) is 12.4. The predicted molar refractivity (Wildman–Crippen MR) is 99.5 cm³/mol. The Balaban J connectivity index is 1.52. The first-order valence-corrected chi connectivity index (χ1v) is 9.01.